The maximum atomic E-state index is 12.6. The smallest absolute Gasteiger partial charge is 0.227 e. The van der Waals surface area contributed by atoms with E-state index in [1.165, 1.54) is 0 Å². The Kier molecular flexibility index (Phi) is 6.98. The van der Waals surface area contributed by atoms with Gasteiger partial charge in [0.05, 0.1) is 5.69 Å². The first-order valence-electron chi connectivity index (χ1n) is 9.79. The molecule has 0 saturated carbocycles. The number of thioether (sulfide) groups is 1. The number of anilines is 3. The number of benzene rings is 2. The van der Waals surface area contributed by atoms with Gasteiger partial charge >= 0.3 is 0 Å². The molecule has 0 spiro atoms. The quantitative estimate of drug-likeness (QED) is 0.753. The Morgan fingerprint density at radius 1 is 1.04 bits per heavy atom. The number of nitrogens with zero attached hydrogens (tertiary/aromatic N) is 2. The average Bonchev–Trinajstić information content (AvgIpc) is 2.73. The van der Waals surface area contributed by atoms with Crippen molar-refractivity contribution in [1.29, 1.82) is 0 Å². The van der Waals surface area contributed by atoms with Crippen LogP contribution in [0.3, 0.4) is 0 Å². The van der Waals surface area contributed by atoms with Gasteiger partial charge in [-0.2, -0.15) is 0 Å². The highest BCUT2D eigenvalue weighted by Crippen LogP contribution is 2.34. The van der Waals surface area contributed by atoms with E-state index in [1.54, 1.807) is 16.7 Å². The van der Waals surface area contributed by atoms with Crippen LogP contribution in [0, 0.1) is 0 Å². The van der Waals surface area contributed by atoms with Crippen molar-refractivity contribution in [3.05, 3.63) is 48.5 Å². The number of carbonyl (C=O) groups is 2. The van der Waals surface area contributed by atoms with Gasteiger partial charge < -0.3 is 15.1 Å². The zero-order chi connectivity index (χ0) is 19.9. The minimum absolute atomic E-state index is 0.000202. The number of fused-ring (bicyclic) bond motifs is 1. The minimum Gasteiger partial charge on any atom is -0.372 e. The topological polar surface area (TPSA) is 52.7 Å². The molecule has 2 amide bonds. The van der Waals surface area contributed by atoms with Gasteiger partial charge in [0.1, 0.15) is 0 Å². The number of hydrogen-bond acceptors (Lipinski definition) is 4. The predicted octanol–water partition coefficient (Wildman–Crippen LogP) is 4.39. The number of nitrogens with one attached hydrogen (secondary N) is 1. The Hall–Kier alpha value is -2.47. The van der Waals surface area contributed by atoms with Crippen LogP contribution in [-0.4, -0.2) is 37.2 Å². The van der Waals surface area contributed by atoms with Crippen molar-refractivity contribution in [3.63, 3.8) is 0 Å². The zero-order valence-electron chi connectivity index (χ0n) is 16.5. The summed E-state index contributed by atoms with van der Waals surface area (Å²) in [7, 11) is 0. The second kappa shape index (κ2) is 9.64. The maximum absolute atomic E-state index is 12.6. The molecule has 1 aliphatic rings. The molecule has 3 rings (SSSR count). The molecule has 0 aromatic heterocycles. The zero-order valence-corrected chi connectivity index (χ0v) is 17.3. The summed E-state index contributed by atoms with van der Waals surface area (Å²) < 4.78 is 0. The highest BCUT2D eigenvalue weighted by Gasteiger charge is 2.22. The molecule has 0 fully saturated rings. The van der Waals surface area contributed by atoms with Crippen molar-refractivity contribution in [1.82, 2.24) is 0 Å². The lowest BCUT2D eigenvalue weighted by Gasteiger charge is -2.29. The van der Waals surface area contributed by atoms with Crippen LogP contribution in [0.2, 0.25) is 0 Å². The van der Waals surface area contributed by atoms with Crippen molar-refractivity contribution in [2.75, 3.05) is 40.5 Å². The fraction of sp³-hybridized carbons (Fsp3) is 0.364. The summed E-state index contributed by atoms with van der Waals surface area (Å²) in [6.45, 7) is 6.82. The summed E-state index contributed by atoms with van der Waals surface area (Å²) in [6, 6.07) is 15.8. The second-order valence-corrected chi connectivity index (χ2v) is 7.77. The molecule has 0 atom stereocenters. The van der Waals surface area contributed by atoms with Crippen LogP contribution in [0.25, 0.3) is 0 Å². The molecule has 0 radical (unpaired) electrons. The second-order valence-electron chi connectivity index (χ2n) is 6.63. The fourth-order valence-corrected chi connectivity index (χ4v) is 4.35. The van der Waals surface area contributed by atoms with E-state index in [1.807, 2.05) is 48.5 Å². The van der Waals surface area contributed by atoms with E-state index in [4.69, 9.17) is 0 Å². The molecule has 0 aliphatic carbocycles. The molecule has 2 aromatic carbocycles. The summed E-state index contributed by atoms with van der Waals surface area (Å²) in [5.74, 6) is 0.747. The Balaban J connectivity index is 1.53. The summed E-state index contributed by atoms with van der Waals surface area (Å²) >= 11 is 1.77. The summed E-state index contributed by atoms with van der Waals surface area (Å²) in [5, 5.41) is 2.89. The van der Waals surface area contributed by atoms with E-state index in [0.29, 0.717) is 6.54 Å². The standard InChI is InChI=1S/C22H27N3O2S/c1-3-24(4-2)18-11-9-17(10-12-18)23-21(26)13-14-22(27)25-15-16-28-20-8-6-5-7-19(20)25/h5-12H,3-4,13-16H2,1-2H3,(H,23,26). The monoisotopic (exact) mass is 397 g/mol. The third-order valence-electron chi connectivity index (χ3n) is 4.88. The van der Waals surface area contributed by atoms with Gasteiger partial charge in [0, 0.05) is 54.5 Å². The van der Waals surface area contributed by atoms with Crippen LogP contribution >= 0.6 is 11.8 Å². The summed E-state index contributed by atoms with van der Waals surface area (Å²) in [6.07, 6.45) is 0.394. The minimum atomic E-state index is -0.136. The van der Waals surface area contributed by atoms with E-state index < -0.39 is 0 Å². The van der Waals surface area contributed by atoms with Gasteiger partial charge in [0.15, 0.2) is 0 Å². The van der Waals surface area contributed by atoms with Gasteiger partial charge in [-0.05, 0) is 50.2 Å². The average molecular weight is 398 g/mol. The van der Waals surface area contributed by atoms with Crippen LogP contribution in [-0.2, 0) is 9.59 Å². The molecule has 28 heavy (non-hydrogen) atoms. The van der Waals surface area contributed by atoms with Gasteiger partial charge in [-0.1, -0.05) is 12.1 Å². The molecule has 0 saturated heterocycles. The highest BCUT2D eigenvalue weighted by atomic mass is 32.2. The van der Waals surface area contributed by atoms with Crippen LogP contribution in [0.5, 0.6) is 0 Å². The SMILES string of the molecule is CCN(CC)c1ccc(NC(=O)CCC(=O)N2CCSc3ccccc32)cc1. The van der Waals surface area contributed by atoms with Crippen LogP contribution in [0.4, 0.5) is 17.1 Å². The first-order valence-corrected chi connectivity index (χ1v) is 10.8. The number of para-hydroxylation sites is 1. The molecular formula is C22H27N3O2S. The Bertz CT molecular complexity index is 819. The predicted molar refractivity (Wildman–Crippen MR) is 117 cm³/mol. The molecule has 6 heteroatoms. The van der Waals surface area contributed by atoms with E-state index in [-0.39, 0.29) is 24.7 Å². The molecule has 1 N–H and O–H groups in total. The van der Waals surface area contributed by atoms with Gasteiger partial charge in [0.25, 0.3) is 0 Å². The Morgan fingerprint density at radius 3 is 2.46 bits per heavy atom. The van der Waals surface area contributed by atoms with Crippen molar-refractivity contribution >= 4 is 40.6 Å². The fourth-order valence-electron chi connectivity index (χ4n) is 3.35. The molecule has 0 unspecified atom stereocenters. The molecule has 2 aromatic rings. The third kappa shape index (κ3) is 4.87. The van der Waals surface area contributed by atoms with E-state index in [0.717, 1.165) is 40.8 Å². The van der Waals surface area contributed by atoms with Gasteiger partial charge in [-0.15, -0.1) is 11.8 Å². The Morgan fingerprint density at radius 2 is 1.75 bits per heavy atom. The van der Waals surface area contributed by atoms with Crippen molar-refractivity contribution < 1.29 is 9.59 Å². The van der Waals surface area contributed by atoms with Crippen molar-refractivity contribution in [2.45, 2.75) is 31.6 Å². The van der Waals surface area contributed by atoms with Crippen molar-refractivity contribution in [3.8, 4) is 0 Å². The molecule has 1 aliphatic heterocycles. The number of amides is 2. The summed E-state index contributed by atoms with van der Waals surface area (Å²) in [5.41, 5.74) is 2.85. The number of carbonyl (C=O) groups excluding carboxylic acids is 2. The molecule has 0 bridgehead atoms. The van der Waals surface area contributed by atoms with Crippen LogP contribution < -0.4 is 15.1 Å². The third-order valence-corrected chi connectivity index (χ3v) is 5.92. The number of hydrogen-bond donors (Lipinski definition) is 1. The van der Waals surface area contributed by atoms with E-state index in [2.05, 4.69) is 24.1 Å². The van der Waals surface area contributed by atoms with Gasteiger partial charge in [-0.25, -0.2) is 0 Å². The van der Waals surface area contributed by atoms with Crippen LogP contribution in [0.15, 0.2) is 53.4 Å². The number of rotatable bonds is 7. The largest absolute Gasteiger partial charge is 0.372 e. The van der Waals surface area contributed by atoms with Crippen LogP contribution in [0.1, 0.15) is 26.7 Å². The lowest BCUT2D eigenvalue weighted by molar-refractivity contribution is -0.122. The Labute approximate surface area is 171 Å². The van der Waals surface area contributed by atoms with E-state index >= 15 is 0 Å². The lowest BCUT2D eigenvalue weighted by atomic mass is 10.2. The normalized spacial score (nSPS) is 13.0. The molecule has 1 heterocycles. The maximum Gasteiger partial charge on any atom is 0.227 e. The molecule has 148 valence electrons. The summed E-state index contributed by atoms with van der Waals surface area (Å²) in [4.78, 5) is 30.1. The first kappa shape index (κ1) is 20.3. The molecule has 5 nitrogen and oxygen atoms in total. The molecular weight excluding hydrogens is 370 g/mol. The van der Waals surface area contributed by atoms with Gasteiger partial charge in [-0.3, -0.25) is 9.59 Å². The lowest BCUT2D eigenvalue weighted by Crippen LogP contribution is -2.35. The van der Waals surface area contributed by atoms with Gasteiger partial charge in [0.2, 0.25) is 11.8 Å². The highest BCUT2D eigenvalue weighted by molar-refractivity contribution is 7.99. The van der Waals surface area contributed by atoms with Crippen molar-refractivity contribution in [2.24, 2.45) is 0 Å². The first-order chi connectivity index (χ1) is 13.6. The van der Waals surface area contributed by atoms with E-state index in [9.17, 15) is 9.59 Å².